The minimum atomic E-state index is -0.239. The van der Waals surface area contributed by atoms with Crippen molar-refractivity contribution in [2.24, 2.45) is 0 Å². The molecule has 0 radical (unpaired) electrons. The van der Waals surface area contributed by atoms with Gasteiger partial charge in [-0.1, -0.05) is 39.0 Å². The second kappa shape index (κ2) is 4.21. The van der Waals surface area contributed by atoms with E-state index in [0.717, 1.165) is 25.7 Å². The van der Waals surface area contributed by atoms with Crippen molar-refractivity contribution in [3.63, 3.8) is 0 Å². The Morgan fingerprint density at radius 1 is 1.38 bits per heavy atom. The minimum absolute atomic E-state index is 0.214. The molecule has 1 nitrogen and oxygen atoms in total. The number of aryl methyl sites for hydroxylation is 1. The molecule has 0 aromatic heterocycles. The number of benzene rings is 1. The fraction of sp³-hybridized carbons (Fsp3) is 0.600. The van der Waals surface area contributed by atoms with E-state index in [1.165, 1.54) is 16.7 Å². The van der Waals surface area contributed by atoms with Crippen LogP contribution < -0.4 is 0 Å². The van der Waals surface area contributed by atoms with Gasteiger partial charge in [0.2, 0.25) is 0 Å². The Bertz CT molecular complexity index is 379. The first-order valence-corrected chi connectivity index (χ1v) is 6.36. The van der Waals surface area contributed by atoms with E-state index >= 15 is 0 Å². The van der Waals surface area contributed by atoms with Crippen molar-refractivity contribution in [3.05, 3.63) is 34.9 Å². The zero-order chi connectivity index (χ0) is 11.8. The summed E-state index contributed by atoms with van der Waals surface area (Å²) in [5.74, 6) is 0. The van der Waals surface area contributed by atoms with Crippen LogP contribution in [0.15, 0.2) is 18.2 Å². The predicted octanol–water partition coefficient (Wildman–Crippen LogP) is 3.74. The van der Waals surface area contributed by atoms with Crippen molar-refractivity contribution >= 4 is 0 Å². The molecule has 16 heavy (non-hydrogen) atoms. The van der Waals surface area contributed by atoms with E-state index in [4.69, 9.17) is 0 Å². The van der Waals surface area contributed by atoms with Gasteiger partial charge in [-0.3, -0.25) is 0 Å². The maximum atomic E-state index is 10.0. The molecule has 88 valence electrons. The standard InChI is InChI=1S/C15H22O/c1-4-15(2,3)12-9-8-11-6-5-7-14(16)13(11)10-12/h8-10,14,16H,4-7H2,1-3H3/t14-/m0/s1. The van der Waals surface area contributed by atoms with Crippen LogP contribution in [0.25, 0.3) is 0 Å². The highest BCUT2D eigenvalue weighted by molar-refractivity contribution is 5.38. The summed E-state index contributed by atoms with van der Waals surface area (Å²) in [5, 5.41) is 10.0. The van der Waals surface area contributed by atoms with E-state index in [2.05, 4.69) is 39.0 Å². The topological polar surface area (TPSA) is 20.2 Å². The van der Waals surface area contributed by atoms with Gasteiger partial charge in [-0.05, 0) is 47.8 Å². The van der Waals surface area contributed by atoms with E-state index in [-0.39, 0.29) is 11.5 Å². The molecule has 0 saturated heterocycles. The highest BCUT2D eigenvalue weighted by atomic mass is 16.3. The van der Waals surface area contributed by atoms with Gasteiger partial charge < -0.3 is 5.11 Å². The lowest BCUT2D eigenvalue weighted by Crippen LogP contribution is -2.18. The van der Waals surface area contributed by atoms with Gasteiger partial charge in [0, 0.05) is 0 Å². The van der Waals surface area contributed by atoms with Crippen molar-refractivity contribution in [1.29, 1.82) is 0 Å². The van der Waals surface area contributed by atoms with E-state index in [1.54, 1.807) is 0 Å². The van der Waals surface area contributed by atoms with Gasteiger partial charge in [0.25, 0.3) is 0 Å². The Hall–Kier alpha value is -0.820. The maximum Gasteiger partial charge on any atom is 0.0792 e. The average Bonchev–Trinajstić information content (AvgIpc) is 2.29. The molecule has 1 aromatic rings. The molecule has 0 spiro atoms. The molecule has 0 amide bonds. The first-order valence-electron chi connectivity index (χ1n) is 6.36. The second-order valence-electron chi connectivity index (χ2n) is 5.56. The quantitative estimate of drug-likeness (QED) is 0.801. The molecule has 1 aliphatic carbocycles. The Morgan fingerprint density at radius 3 is 2.81 bits per heavy atom. The summed E-state index contributed by atoms with van der Waals surface area (Å²) in [6, 6.07) is 6.67. The Morgan fingerprint density at radius 2 is 2.12 bits per heavy atom. The molecule has 0 bridgehead atoms. The Labute approximate surface area is 98.5 Å². The fourth-order valence-electron chi connectivity index (χ4n) is 2.40. The molecule has 1 N–H and O–H groups in total. The highest BCUT2D eigenvalue weighted by Crippen LogP contribution is 2.34. The summed E-state index contributed by atoms with van der Waals surface area (Å²) in [4.78, 5) is 0. The number of hydrogen-bond donors (Lipinski definition) is 1. The van der Waals surface area contributed by atoms with E-state index in [0.29, 0.717) is 0 Å². The third kappa shape index (κ3) is 2.01. The summed E-state index contributed by atoms with van der Waals surface area (Å²) in [7, 11) is 0. The van der Waals surface area contributed by atoms with E-state index < -0.39 is 0 Å². The van der Waals surface area contributed by atoms with Crippen LogP contribution in [0.4, 0.5) is 0 Å². The molecular formula is C15H22O. The van der Waals surface area contributed by atoms with Gasteiger partial charge in [-0.25, -0.2) is 0 Å². The molecular weight excluding hydrogens is 196 g/mol. The number of aliphatic hydroxyl groups excluding tert-OH is 1. The average molecular weight is 218 g/mol. The zero-order valence-corrected chi connectivity index (χ0v) is 10.6. The van der Waals surface area contributed by atoms with E-state index in [9.17, 15) is 5.11 Å². The monoisotopic (exact) mass is 218 g/mol. The Balaban J connectivity index is 2.41. The molecule has 0 aliphatic heterocycles. The zero-order valence-electron chi connectivity index (χ0n) is 10.6. The van der Waals surface area contributed by atoms with Gasteiger partial charge in [-0.2, -0.15) is 0 Å². The van der Waals surface area contributed by atoms with Gasteiger partial charge in [-0.15, -0.1) is 0 Å². The van der Waals surface area contributed by atoms with Crippen LogP contribution in [0, 0.1) is 0 Å². The molecule has 1 atom stereocenters. The van der Waals surface area contributed by atoms with Gasteiger partial charge in [0.15, 0.2) is 0 Å². The summed E-state index contributed by atoms with van der Waals surface area (Å²) in [5.41, 5.74) is 4.08. The summed E-state index contributed by atoms with van der Waals surface area (Å²) in [6.07, 6.45) is 4.05. The fourth-order valence-corrected chi connectivity index (χ4v) is 2.40. The predicted molar refractivity (Wildman–Crippen MR) is 67.7 cm³/mol. The lowest BCUT2D eigenvalue weighted by atomic mass is 9.79. The number of aliphatic hydroxyl groups is 1. The van der Waals surface area contributed by atoms with Gasteiger partial charge in [0.1, 0.15) is 0 Å². The third-order valence-corrected chi connectivity index (χ3v) is 4.09. The maximum absolute atomic E-state index is 10.0. The molecule has 0 unspecified atom stereocenters. The number of fused-ring (bicyclic) bond motifs is 1. The van der Waals surface area contributed by atoms with Crippen molar-refractivity contribution in [2.75, 3.05) is 0 Å². The van der Waals surface area contributed by atoms with Crippen molar-refractivity contribution in [3.8, 4) is 0 Å². The lowest BCUT2D eigenvalue weighted by molar-refractivity contribution is 0.156. The van der Waals surface area contributed by atoms with Crippen LogP contribution >= 0.6 is 0 Å². The molecule has 1 heteroatoms. The molecule has 1 aromatic carbocycles. The Kier molecular flexibility index (Phi) is 3.07. The normalized spacial score (nSPS) is 20.6. The summed E-state index contributed by atoms with van der Waals surface area (Å²) < 4.78 is 0. The van der Waals surface area contributed by atoms with E-state index in [1.807, 2.05) is 0 Å². The SMILES string of the molecule is CCC(C)(C)c1ccc2c(c1)[C@@H](O)CCC2. The van der Waals surface area contributed by atoms with Gasteiger partial charge in [0.05, 0.1) is 6.10 Å². The summed E-state index contributed by atoms with van der Waals surface area (Å²) >= 11 is 0. The smallest absolute Gasteiger partial charge is 0.0792 e. The van der Waals surface area contributed by atoms with Crippen LogP contribution in [0.5, 0.6) is 0 Å². The molecule has 0 fully saturated rings. The first kappa shape index (κ1) is 11.7. The van der Waals surface area contributed by atoms with Crippen LogP contribution in [0.3, 0.4) is 0 Å². The van der Waals surface area contributed by atoms with Crippen molar-refractivity contribution in [1.82, 2.24) is 0 Å². The highest BCUT2D eigenvalue weighted by Gasteiger charge is 2.23. The van der Waals surface area contributed by atoms with Crippen LogP contribution in [-0.2, 0) is 11.8 Å². The number of rotatable bonds is 2. The number of hydrogen-bond acceptors (Lipinski definition) is 1. The van der Waals surface area contributed by atoms with Crippen LogP contribution in [-0.4, -0.2) is 5.11 Å². The molecule has 0 saturated carbocycles. The van der Waals surface area contributed by atoms with Crippen molar-refractivity contribution < 1.29 is 5.11 Å². The van der Waals surface area contributed by atoms with Crippen LogP contribution in [0.1, 0.15) is 62.8 Å². The molecule has 1 aliphatic rings. The van der Waals surface area contributed by atoms with Crippen molar-refractivity contribution in [2.45, 2.75) is 58.0 Å². The third-order valence-electron chi connectivity index (χ3n) is 4.09. The lowest BCUT2D eigenvalue weighted by Gasteiger charge is -2.28. The molecule has 0 heterocycles. The minimum Gasteiger partial charge on any atom is -0.388 e. The van der Waals surface area contributed by atoms with Crippen LogP contribution in [0.2, 0.25) is 0 Å². The first-order chi connectivity index (χ1) is 7.54. The van der Waals surface area contributed by atoms with Gasteiger partial charge >= 0.3 is 0 Å². The second-order valence-corrected chi connectivity index (χ2v) is 5.56. The largest absolute Gasteiger partial charge is 0.388 e. The molecule has 2 rings (SSSR count). The summed E-state index contributed by atoms with van der Waals surface area (Å²) in [6.45, 7) is 6.75.